The van der Waals surface area contributed by atoms with Crippen molar-refractivity contribution in [2.45, 2.75) is 50.2 Å². The summed E-state index contributed by atoms with van der Waals surface area (Å²) in [5, 5.41) is 11.8. The van der Waals surface area contributed by atoms with Crippen LogP contribution in [0.2, 0.25) is 0 Å². The molecule has 4 nitrogen and oxygen atoms in total. The SMILES string of the molecule is N#CCCCCOC1COC2(CCNCC2)C1. The summed E-state index contributed by atoms with van der Waals surface area (Å²) in [7, 11) is 0. The van der Waals surface area contributed by atoms with Gasteiger partial charge in [-0.15, -0.1) is 0 Å². The molecule has 2 heterocycles. The van der Waals surface area contributed by atoms with Crippen LogP contribution in [0.5, 0.6) is 0 Å². The van der Waals surface area contributed by atoms with Crippen LogP contribution in [-0.2, 0) is 9.47 Å². The van der Waals surface area contributed by atoms with Gasteiger partial charge < -0.3 is 14.8 Å². The van der Waals surface area contributed by atoms with Crippen molar-refractivity contribution in [3.63, 3.8) is 0 Å². The minimum Gasteiger partial charge on any atom is -0.376 e. The minimum atomic E-state index is 0.0998. The van der Waals surface area contributed by atoms with Crippen LogP contribution in [0.3, 0.4) is 0 Å². The van der Waals surface area contributed by atoms with Crippen LogP contribution >= 0.6 is 0 Å². The van der Waals surface area contributed by atoms with E-state index in [1.54, 1.807) is 0 Å². The largest absolute Gasteiger partial charge is 0.376 e. The Morgan fingerprint density at radius 2 is 2.18 bits per heavy atom. The minimum absolute atomic E-state index is 0.0998. The van der Waals surface area contributed by atoms with Crippen molar-refractivity contribution in [3.05, 3.63) is 0 Å². The number of nitrogens with one attached hydrogen (secondary N) is 1. The number of nitrogens with zero attached hydrogens (tertiary/aromatic N) is 1. The third kappa shape index (κ3) is 3.67. The van der Waals surface area contributed by atoms with Crippen LogP contribution in [0.15, 0.2) is 0 Å². The Kier molecular flexibility index (Phi) is 4.78. The first-order valence-electron chi connectivity index (χ1n) is 6.68. The van der Waals surface area contributed by atoms with Gasteiger partial charge in [0.25, 0.3) is 0 Å². The number of nitriles is 1. The molecule has 1 spiro atoms. The molecule has 1 atom stereocenters. The number of unbranched alkanes of at least 4 members (excludes halogenated alkanes) is 2. The van der Waals surface area contributed by atoms with E-state index in [9.17, 15) is 0 Å². The van der Waals surface area contributed by atoms with Crippen molar-refractivity contribution < 1.29 is 9.47 Å². The highest BCUT2D eigenvalue weighted by molar-refractivity contribution is 4.93. The van der Waals surface area contributed by atoms with Crippen molar-refractivity contribution in [1.82, 2.24) is 5.32 Å². The van der Waals surface area contributed by atoms with E-state index >= 15 is 0 Å². The average Bonchev–Trinajstić information content (AvgIpc) is 2.73. The summed E-state index contributed by atoms with van der Waals surface area (Å²) in [5.74, 6) is 0. The highest BCUT2D eigenvalue weighted by atomic mass is 16.6. The highest BCUT2D eigenvalue weighted by Gasteiger charge is 2.41. The fourth-order valence-electron chi connectivity index (χ4n) is 2.70. The Bertz CT molecular complexity index is 269. The Hall–Kier alpha value is -0.630. The number of hydrogen-bond donors (Lipinski definition) is 1. The summed E-state index contributed by atoms with van der Waals surface area (Å²) in [6.07, 6.45) is 6.11. The van der Waals surface area contributed by atoms with Gasteiger partial charge in [0.2, 0.25) is 0 Å². The molecule has 2 aliphatic heterocycles. The predicted octanol–water partition coefficient (Wildman–Crippen LogP) is 1.61. The second-order valence-corrected chi connectivity index (χ2v) is 5.06. The summed E-state index contributed by atoms with van der Waals surface area (Å²) in [6.45, 7) is 3.64. The van der Waals surface area contributed by atoms with E-state index in [1.807, 2.05) is 0 Å². The van der Waals surface area contributed by atoms with Gasteiger partial charge in [-0.25, -0.2) is 0 Å². The summed E-state index contributed by atoms with van der Waals surface area (Å²) in [6, 6.07) is 2.16. The van der Waals surface area contributed by atoms with Crippen LogP contribution < -0.4 is 5.32 Å². The molecule has 2 aliphatic rings. The Morgan fingerprint density at radius 1 is 1.35 bits per heavy atom. The Labute approximate surface area is 103 Å². The van der Waals surface area contributed by atoms with Gasteiger partial charge >= 0.3 is 0 Å². The van der Waals surface area contributed by atoms with Crippen molar-refractivity contribution in [3.8, 4) is 6.07 Å². The van der Waals surface area contributed by atoms with E-state index in [0.717, 1.165) is 58.4 Å². The molecule has 0 amide bonds. The normalized spacial score (nSPS) is 27.1. The number of ether oxygens (including phenoxy) is 2. The summed E-state index contributed by atoms with van der Waals surface area (Å²) in [5.41, 5.74) is 0.0998. The number of hydrogen-bond acceptors (Lipinski definition) is 4. The number of piperidine rings is 1. The molecule has 17 heavy (non-hydrogen) atoms. The Balaban J connectivity index is 1.62. The predicted molar refractivity (Wildman–Crippen MR) is 64.6 cm³/mol. The maximum Gasteiger partial charge on any atom is 0.0836 e. The molecule has 0 aromatic carbocycles. The highest BCUT2D eigenvalue weighted by Crippen LogP contribution is 2.35. The smallest absolute Gasteiger partial charge is 0.0836 e. The fraction of sp³-hybridized carbons (Fsp3) is 0.923. The first-order valence-corrected chi connectivity index (χ1v) is 6.68. The quantitative estimate of drug-likeness (QED) is 0.739. The molecule has 0 aromatic heterocycles. The second-order valence-electron chi connectivity index (χ2n) is 5.06. The standard InChI is InChI=1S/C13H22N2O2/c14-6-2-1-3-9-16-12-10-13(17-11-12)4-7-15-8-5-13/h12,15H,1-5,7-11H2. The van der Waals surface area contributed by atoms with Crippen LogP contribution in [0.1, 0.15) is 38.5 Å². The van der Waals surface area contributed by atoms with Crippen LogP contribution in [-0.4, -0.2) is 38.0 Å². The van der Waals surface area contributed by atoms with Gasteiger partial charge in [-0.1, -0.05) is 0 Å². The molecule has 1 unspecified atom stereocenters. The second kappa shape index (κ2) is 6.34. The van der Waals surface area contributed by atoms with Crippen molar-refractivity contribution in [2.24, 2.45) is 0 Å². The van der Waals surface area contributed by atoms with E-state index in [2.05, 4.69) is 11.4 Å². The first kappa shape index (κ1) is 12.8. The maximum absolute atomic E-state index is 8.43. The van der Waals surface area contributed by atoms with Crippen molar-refractivity contribution >= 4 is 0 Å². The lowest BCUT2D eigenvalue weighted by Gasteiger charge is -2.32. The fourth-order valence-corrected chi connectivity index (χ4v) is 2.70. The third-order valence-electron chi connectivity index (χ3n) is 3.73. The first-order chi connectivity index (χ1) is 8.35. The lowest BCUT2D eigenvalue weighted by molar-refractivity contribution is -0.0234. The zero-order chi connectivity index (χ0) is 12.0. The third-order valence-corrected chi connectivity index (χ3v) is 3.73. The van der Waals surface area contributed by atoms with Gasteiger partial charge in [-0.05, 0) is 38.8 Å². The molecule has 0 saturated carbocycles. The van der Waals surface area contributed by atoms with Crippen LogP contribution in [0.25, 0.3) is 0 Å². The summed E-state index contributed by atoms with van der Waals surface area (Å²) < 4.78 is 11.8. The molecule has 2 fully saturated rings. The molecule has 2 rings (SSSR count). The van der Waals surface area contributed by atoms with Gasteiger partial charge in [-0.3, -0.25) is 0 Å². The van der Waals surface area contributed by atoms with E-state index in [-0.39, 0.29) is 11.7 Å². The topological polar surface area (TPSA) is 54.3 Å². The van der Waals surface area contributed by atoms with Crippen molar-refractivity contribution in [2.75, 3.05) is 26.3 Å². The van der Waals surface area contributed by atoms with Crippen molar-refractivity contribution in [1.29, 1.82) is 5.26 Å². The molecule has 1 N–H and O–H groups in total. The Morgan fingerprint density at radius 3 is 2.94 bits per heavy atom. The lowest BCUT2D eigenvalue weighted by Crippen LogP contribution is -2.41. The molecule has 2 saturated heterocycles. The zero-order valence-corrected chi connectivity index (χ0v) is 10.4. The lowest BCUT2D eigenvalue weighted by atomic mass is 9.89. The van der Waals surface area contributed by atoms with E-state index < -0.39 is 0 Å². The van der Waals surface area contributed by atoms with E-state index in [4.69, 9.17) is 14.7 Å². The summed E-state index contributed by atoms with van der Waals surface area (Å²) >= 11 is 0. The van der Waals surface area contributed by atoms with Crippen LogP contribution in [0, 0.1) is 11.3 Å². The van der Waals surface area contributed by atoms with Gasteiger partial charge in [0.05, 0.1) is 24.4 Å². The van der Waals surface area contributed by atoms with E-state index in [0.29, 0.717) is 6.42 Å². The number of rotatable bonds is 5. The molecular formula is C13H22N2O2. The molecule has 0 bridgehead atoms. The molecular weight excluding hydrogens is 216 g/mol. The van der Waals surface area contributed by atoms with Gasteiger partial charge in [-0.2, -0.15) is 5.26 Å². The zero-order valence-electron chi connectivity index (χ0n) is 10.4. The molecule has 0 radical (unpaired) electrons. The maximum atomic E-state index is 8.43. The summed E-state index contributed by atoms with van der Waals surface area (Å²) in [4.78, 5) is 0. The van der Waals surface area contributed by atoms with E-state index in [1.165, 1.54) is 0 Å². The van der Waals surface area contributed by atoms with Crippen LogP contribution in [0.4, 0.5) is 0 Å². The van der Waals surface area contributed by atoms with Gasteiger partial charge in [0, 0.05) is 19.4 Å². The monoisotopic (exact) mass is 238 g/mol. The van der Waals surface area contributed by atoms with Gasteiger partial charge in [0.1, 0.15) is 0 Å². The molecule has 0 aromatic rings. The van der Waals surface area contributed by atoms with Gasteiger partial charge in [0.15, 0.2) is 0 Å². The molecule has 4 heteroatoms. The molecule has 96 valence electrons. The average molecular weight is 238 g/mol. The molecule has 0 aliphatic carbocycles.